The number of halogens is 2. The number of nitrogens with one attached hydrogen (secondary N) is 1. The van der Waals surface area contributed by atoms with Crippen LogP contribution >= 0.6 is 0 Å². The third-order valence-corrected chi connectivity index (χ3v) is 2.04. The summed E-state index contributed by atoms with van der Waals surface area (Å²) in [4.78, 5) is 20.3. The Hall–Kier alpha value is -1.20. The van der Waals surface area contributed by atoms with Crippen molar-refractivity contribution in [3.05, 3.63) is 0 Å². The van der Waals surface area contributed by atoms with Gasteiger partial charge in [0.15, 0.2) is 0 Å². The summed E-state index contributed by atoms with van der Waals surface area (Å²) in [6, 6.07) is -1.20. The average molecular weight is 193 g/mol. The van der Waals surface area contributed by atoms with Gasteiger partial charge in [0.05, 0.1) is 0 Å². The predicted molar refractivity (Wildman–Crippen MR) is 38.3 cm³/mol. The van der Waals surface area contributed by atoms with Crippen molar-refractivity contribution >= 4 is 12.4 Å². The Kier molecular flexibility index (Phi) is 2.49. The minimum Gasteiger partial charge on any atom is -0.480 e. The number of carboxylic acid groups (broad SMARTS) is 1. The lowest BCUT2D eigenvalue weighted by atomic mass is 10.1. The molecule has 0 saturated heterocycles. The molecule has 0 aromatic carbocycles. The monoisotopic (exact) mass is 193 g/mol. The quantitative estimate of drug-likeness (QED) is 0.614. The minimum atomic E-state index is -2.74. The summed E-state index contributed by atoms with van der Waals surface area (Å²) < 4.78 is 24.7. The maximum atomic E-state index is 12.4. The van der Waals surface area contributed by atoms with Crippen LogP contribution in [0.2, 0.25) is 0 Å². The van der Waals surface area contributed by atoms with Gasteiger partial charge in [-0.05, 0) is 6.42 Å². The van der Waals surface area contributed by atoms with Crippen LogP contribution in [0.4, 0.5) is 8.78 Å². The van der Waals surface area contributed by atoms with Crippen molar-refractivity contribution in [1.82, 2.24) is 5.32 Å². The highest BCUT2D eigenvalue weighted by atomic mass is 19.3. The lowest BCUT2D eigenvalue weighted by Crippen LogP contribution is -2.36. The van der Waals surface area contributed by atoms with E-state index in [4.69, 9.17) is 5.11 Å². The largest absolute Gasteiger partial charge is 0.480 e. The molecule has 0 aliphatic heterocycles. The van der Waals surface area contributed by atoms with E-state index in [1.807, 2.05) is 5.32 Å². The molecule has 0 radical (unpaired) electrons. The standard InChI is InChI=1S/C7H9F2NO3/c8-7(9)2-4(7)1-5(6(12)13)10-3-11/h3-5H,1-2H2,(H,10,11)(H,12,13). The third kappa shape index (κ3) is 2.37. The summed E-state index contributed by atoms with van der Waals surface area (Å²) in [5.74, 6) is -4.92. The van der Waals surface area contributed by atoms with Crippen molar-refractivity contribution < 1.29 is 23.5 Å². The van der Waals surface area contributed by atoms with Gasteiger partial charge in [0.1, 0.15) is 6.04 Å². The van der Waals surface area contributed by atoms with E-state index < -0.39 is 23.9 Å². The second-order valence-electron chi connectivity index (χ2n) is 3.07. The Morgan fingerprint density at radius 2 is 2.31 bits per heavy atom. The highest BCUT2D eigenvalue weighted by Gasteiger charge is 2.57. The van der Waals surface area contributed by atoms with Gasteiger partial charge in [-0.15, -0.1) is 0 Å². The number of amides is 1. The van der Waals surface area contributed by atoms with Gasteiger partial charge in [0.2, 0.25) is 6.41 Å². The summed E-state index contributed by atoms with van der Waals surface area (Å²) >= 11 is 0. The lowest BCUT2D eigenvalue weighted by molar-refractivity contribution is -0.141. The second kappa shape index (κ2) is 3.27. The van der Waals surface area contributed by atoms with E-state index in [9.17, 15) is 18.4 Å². The van der Waals surface area contributed by atoms with E-state index in [2.05, 4.69) is 0 Å². The van der Waals surface area contributed by atoms with Gasteiger partial charge in [0.25, 0.3) is 5.92 Å². The zero-order valence-corrected chi connectivity index (χ0v) is 6.67. The smallest absolute Gasteiger partial charge is 0.326 e. The first kappa shape index (κ1) is 9.88. The Labute approximate surface area is 72.9 Å². The molecule has 0 spiro atoms. The summed E-state index contributed by atoms with van der Waals surface area (Å²) in [7, 11) is 0. The van der Waals surface area contributed by atoms with Gasteiger partial charge in [-0.1, -0.05) is 0 Å². The fourth-order valence-electron chi connectivity index (χ4n) is 1.13. The highest BCUT2D eigenvalue weighted by Crippen LogP contribution is 2.51. The SMILES string of the molecule is O=CNC(CC1CC1(F)F)C(=O)O. The molecule has 13 heavy (non-hydrogen) atoms. The van der Waals surface area contributed by atoms with E-state index in [0.717, 1.165) is 0 Å². The summed E-state index contributed by atoms with van der Waals surface area (Å²) in [5.41, 5.74) is 0. The Morgan fingerprint density at radius 1 is 1.77 bits per heavy atom. The molecule has 0 aromatic rings. The summed E-state index contributed by atoms with van der Waals surface area (Å²) in [5, 5.41) is 10.5. The molecule has 2 N–H and O–H groups in total. The van der Waals surface area contributed by atoms with Gasteiger partial charge in [0, 0.05) is 12.3 Å². The van der Waals surface area contributed by atoms with Crippen LogP contribution in [0.5, 0.6) is 0 Å². The molecule has 1 aliphatic carbocycles. The van der Waals surface area contributed by atoms with Crippen LogP contribution < -0.4 is 5.32 Å². The molecule has 6 heteroatoms. The topological polar surface area (TPSA) is 66.4 Å². The van der Waals surface area contributed by atoms with Crippen molar-refractivity contribution in [3.8, 4) is 0 Å². The number of aliphatic carboxylic acids is 1. The van der Waals surface area contributed by atoms with Crippen LogP contribution in [0.25, 0.3) is 0 Å². The number of hydrogen-bond acceptors (Lipinski definition) is 2. The van der Waals surface area contributed by atoms with Crippen molar-refractivity contribution in [2.24, 2.45) is 5.92 Å². The summed E-state index contributed by atoms with van der Waals surface area (Å²) in [6.07, 6.45) is -0.280. The van der Waals surface area contributed by atoms with Crippen LogP contribution in [0.3, 0.4) is 0 Å². The number of hydrogen-bond donors (Lipinski definition) is 2. The molecule has 2 unspecified atom stereocenters. The summed E-state index contributed by atoms with van der Waals surface area (Å²) in [6.45, 7) is 0. The van der Waals surface area contributed by atoms with Gasteiger partial charge < -0.3 is 10.4 Å². The molecule has 1 fully saturated rings. The molecule has 1 amide bonds. The number of alkyl halides is 2. The van der Waals surface area contributed by atoms with Gasteiger partial charge in [-0.2, -0.15) is 0 Å². The first-order valence-electron chi connectivity index (χ1n) is 3.77. The minimum absolute atomic E-state index is 0.207. The van der Waals surface area contributed by atoms with Crippen LogP contribution in [-0.4, -0.2) is 29.5 Å². The zero-order chi connectivity index (χ0) is 10.1. The number of carbonyl (C=O) groups excluding carboxylic acids is 1. The Bertz CT molecular complexity index is 232. The molecule has 0 aromatic heterocycles. The predicted octanol–water partition coefficient (Wildman–Crippen LogP) is 0.231. The molecule has 1 aliphatic rings. The highest BCUT2D eigenvalue weighted by molar-refractivity contribution is 5.76. The van der Waals surface area contributed by atoms with E-state index in [0.29, 0.717) is 0 Å². The molecule has 4 nitrogen and oxygen atoms in total. The molecule has 1 rings (SSSR count). The van der Waals surface area contributed by atoms with Gasteiger partial charge in [-0.3, -0.25) is 4.79 Å². The van der Waals surface area contributed by atoms with Crippen LogP contribution in [0.15, 0.2) is 0 Å². The molecule has 2 atom stereocenters. The Balaban J connectivity index is 2.40. The number of carboxylic acids is 1. The fraction of sp³-hybridized carbons (Fsp3) is 0.714. The van der Waals surface area contributed by atoms with Crippen LogP contribution in [0, 0.1) is 5.92 Å². The van der Waals surface area contributed by atoms with Gasteiger partial charge >= 0.3 is 5.97 Å². The van der Waals surface area contributed by atoms with Crippen molar-refractivity contribution in [2.45, 2.75) is 24.8 Å². The maximum Gasteiger partial charge on any atom is 0.326 e. The number of carbonyl (C=O) groups is 2. The third-order valence-electron chi connectivity index (χ3n) is 2.04. The van der Waals surface area contributed by atoms with E-state index in [1.54, 1.807) is 0 Å². The van der Waals surface area contributed by atoms with Crippen LogP contribution in [0.1, 0.15) is 12.8 Å². The molecule has 0 heterocycles. The molecular formula is C7H9F2NO3. The lowest BCUT2D eigenvalue weighted by Gasteiger charge is -2.09. The molecule has 1 saturated carbocycles. The van der Waals surface area contributed by atoms with E-state index >= 15 is 0 Å². The van der Waals surface area contributed by atoms with Crippen molar-refractivity contribution in [3.63, 3.8) is 0 Å². The van der Waals surface area contributed by atoms with E-state index in [-0.39, 0.29) is 19.3 Å². The molecule has 74 valence electrons. The van der Waals surface area contributed by atoms with Gasteiger partial charge in [-0.25, -0.2) is 13.6 Å². The first-order chi connectivity index (χ1) is 5.97. The fourth-order valence-corrected chi connectivity index (χ4v) is 1.13. The normalized spacial score (nSPS) is 26.2. The van der Waals surface area contributed by atoms with Crippen molar-refractivity contribution in [2.75, 3.05) is 0 Å². The maximum absolute atomic E-state index is 12.4. The number of rotatable bonds is 5. The molecule has 0 bridgehead atoms. The zero-order valence-electron chi connectivity index (χ0n) is 6.67. The van der Waals surface area contributed by atoms with E-state index in [1.165, 1.54) is 0 Å². The average Bonchev–Trinajstić information content (AvgIpc) is 2.58. The second-order valence-corrected chi connectivity index (χ2v) is 3.07. The van der Waals surface area contributed by atoms with Crippen molar-refractivity contribution in [1.29, 1.82) is 0 Å². The first-order valence-corrected chi connectivity index (χ1v) is 3.77. The van der Waals surface area contributed by atoms with Crippen LogP contribution in [-0.2, 0) is 9.59 Å². The molecular weight excluding hydrogens is 184 g/mol. The Morgan fingerprint density at radius 3 is 2.62 bits per heavy atom.